The lowest BCUT2D eigenvalue weighted by atomic mass is 10.1. The van der Waals surface area contributed by atoms with Crippen LogP contribution in [0.3, 0.4) is 0 Å². The molecule has 7 nitrogen and oxygen atoms in total. The van der Waals surface area contributed by atoms with Crippen LogP contribution in [0.25, 0.3) is 0 Å². The third kappa shape index (κ3) is 2.39. The number of esters is 1. The Morgan fingerprint density at radius 3 is 2.89 bits per heavy atom. The van der Waals surface area contributed by atoms with Gasteiger partial charge in [0, 0.05) is 13.1 Å². The van der Waals surface area contributed by atoms with E-state index < -0.39 is 17.9 Å². The molecule has 2 rings (SSSR count). The van der Waals surface area contributed by atoms with E-state index >= 15 is 0 Å². The molecule has 1 aliphatic rings. The number of hydrogen-bond donors (Lipinski definition) is 1. The predicted octanol–water partition coefficient (Wildman–Crippen LogP) is 0.174. The highest BCUT2D eigenvalue weighted by Crippen LogP contribution is 2.21. The van der Waals surface area contributed by atoms with E-state index in [2.05, 4.69) is 14.7 Å². The molecule has 0 saturated carbocycles. The van der Waals surface area contributed by atoms with Crippen molar-refractivity contribution >= 4 is 17.8 Å². The zero-order valence-electron chi connectivity index (χ0n) is 9.87. The number of aromatic nitrogens is 2. The highest BCUT2D eigenvalue weighted by Gasteiger charge is 2.29. The number of carboxylic acid groups (broad SMARTS) is 1. The average molecular weight is 251 g/mol. The minimum absolute atomic E-state index is 0.119. The summed E-state index contributed by atoms with van der Waals surface area (Å²) < 4.78 is 4.56. The first-order valence-corrected chi connectivity index (χ1v) is 5.50. The summed E-state index contributed by atoms with van der Waals surface area (Å²) in [7, 11) is 1.27. The van der Waals surface area contributed by atoms with E-state index in [1.807, 2.05) is 0 Å². The third-order valence-corrected chi connectivity index (χ3v) is 2.88. The van der Waals surface area contributed by atoms with Crippen LogP contribution in [0.5, 0.6) is 0 Å². The molecule has 0 radical (unpaired) electrons. The molecule has 1 aliphatic heterocycles. The Labute approximate surface area is 103 Å². The Kier molecular flexibility index (Phi) is 3.40. The van der Waals surface area contributed by atoms with Gasteiger partial charge < -0.3 is 14.7 Å². The van der Waals surface area contributed by atoms with Crippen LogP contribution in [0, 0.1) is 5.92 Å². The van der Waals surface area contributed by atoms with Gasteiger partial charge in [0.2, 0.25) is 0 Å². The largest absolute Gasteiger partial charge is 0.481 e. The van der Waals surface area contributed by atoms with Crippen LogP contribution < -0.4 is 4.90 Å². The van der Waals surface area contributed by atoms with Crippen molar-refractivity contribution in [3.05, 3.63) is 18.1 Å². The fourth-order valence-electron chi connectivity index (χ4n) is 1.88. The summed E-state index contributed by atoms with van der Waals surface area (Å²) in [4.78, 5) is 32.0. The molecule has 0 bridgehead atoms. The first-order valence-electron chi connectivity index (χ1n) is 5.50. The van der Waals surface area contributed by atoms with Crippen LogP contribution in [-0.4, -0.2) is 47.2 Å². The lowest BCUT2D eigenvalue weighted by molar-refractivity contribution is -0.140. The summed E-state index contributed by atoms with van der Waals surface area (Å²) in [6, 6.07) is 0. The van der Waals surface area contributed by atoms with Crippen molar-refractivity contribution in [3.63, 3.8) is 0 Å². The zero-order chi connectivity index (χ0) is 13.1. The van der Waals surface area contributed by atoms with Gasteiger partial charge in [-0.2, -0.15) is 0 Å². The van der Waals surface area contributed by atoms with Gasteiger partial charge in [-0.25, -0.2) is 9.78 Å². The Balaban J connectivity index is 2.15. The number of aliphatic carboxylic acids is 1. The fraction of sp³-hybridized carbons (Fsp3) is 0.455. The lowest BCUT2D eigenvalue weighted by Crippen LogP contribution is -2.24. The number of carbonyl (C=O) groups excluding carboxylic acids is 1. The second-order valence-corrected chi connectivity index (χ2v) is 4.02. The topological polar surface area (TPSA) is 92.6 Å². The van der Waals surface area contributed by atoms with Gasteiger partial charge >= 0.3 is 11.9 Å². The summed E-state index contributed by atoms with van der Waals surface area (Å²) in [6.45, 7) is 0.977. The normalized spacial score (nSPS) is 18.7. The van der Waals surface area contributed by atoms with Gasteiger partial charge in [-0.05, 0) is 6.42 Å². The van der Waals surface area contributed by atoms with Gasteiger partial charge in [-0.15, -0.1) is 0 Å². The van der Waals surface area contributed by atoms with E-state index in [1.54, 1.807) is 4.90 Å². The molecule has 0 amide bonds. The molecule has 0 spiro atoms. The van der Waals surface area contributed by atoms with E-state index in [-0.39, 0.29) is 5.69 Å². The molecule has 1 aromatic rings. The van der Waals surface area contributed by atoms with Crippen molar-refractivity contribution in [1.29, 1.82) is 0 Å². The van der Waals surface area contributed by atoms with Crippen LogP contribution >= 0.6 is 0 Å². The molecule has 0 aliphatic carbocycles. The van der Waals surface area contributed by atoms with Gasteiger partial charge in [0.25, 0.3) is 0 Å². The number of carboxylic acids is 1. The number of anilines is 1. The molecule has 1 fully saturated rings. The van der Waals surface area contributed by atoms with E-state index in [4.69, 9.17) is 5.11 Å². The molecule has 96 valence electrons. The molecule has 1 aromatic heterocycles. The number of rotatable bonds is 3. The number of methoxy groups -OCH3 is 1. The molecule has 7 heteroatoms. The van der Waals surface area contributed by atoms with Crippen molar-refractivity contribution in [2.24, 2.45) is 5.92 Å². The minimum atomic E-state index is -0.811. The predicted molar refractivity (Wildman–Crippen MR) is 61.3 cm³/mol. The van der Waals surface area contributed by atoms with Crippen LogP contribution in [0.15, 0.2) is 12.4 Å². The average Bonchev–Trinajstić information content (AvgIpc) is 2.88. The first kappa shape index (κ1) is 12.3. The maximum Gasteiger partial charge on any atom is 0.358 e. The van der Waals surface area contributed by atoms with Crippen molar-refractivity contribution < 1.29 is 19.4 Å². The standard InChI is InChI=1S/C11H13N3O4/c1-18-11(17)8-4-12-5-9(13-8)14-3-2-7(6-14)10(15)16/h4-5,7H,2-3,6H2,1H3,(H,15,16). The van der Waals surface area contributed by atoms with Crippen molar-refractivity contribution in [2.45, 2.75) is 6.42 Å². The smallest absolute Gasteiger partial charge is 0.358 e. The highest BCUT2D eigenvalue weighted by atomic mass is 16.5. The lowest BCUT2D eigenvalue weighted by Gasteiger charge is -2.16. The number of nitrogens with zero attached hydrogens (tertiary/aromatic N) is 3. The second-order valence-electron chi connectivity index (χ2n) is 4.02. The Hall–Kier alpha value is -2.18. The van der Waals surface area contributed by atoms with Gasteiger partial charge in [-0.1, -0.05) is 0 Å². The van der Waals surface area contributed by atoms with E-state index in [9.17, 15) is 9.59 Å². The first-order chi connectivity index (χ1) is 8.61. The maximum absolute atomic E-state index is 11.3. The Bertz CT molecular complexity index is 477. The molecule has 2 heterocycles. The Morgan fingerprint density at radius 2 is 2.28 bits per heavy atom. The maximum atomic E-state index is 11.3. The van der Waals surface area contributed by atoms with Gasteiger partial charge in [0.1, 0.15) is 5.82 Å². The van der Waals surface area contributed by atoms with Crippen LogP contribution in [0.4, 0.5) is 5.82 Å². The van der Waals surface area contributed by atoms with E-state index in [0.29, 0.717) is 25.3 Å². The fourth-order valence-corrected chi connectivity index (χ4v) is 1.88. The van der Waals surface area contributed by atoms with Crippen LogP contribution in [0.1, 0.15) is 16.9 Å². The minimum Gasteiger partial charge on any atom is -0.481 e. The molecular formula is C11H13N3O4. The number of ether oxygens (including phenoxy) is 1. The molecule has 1 saturated heterocycles. The number of hydrogen-bond acceptors (Lipinski definition) is 6. The summed E-state index contributed by atoms with van der Waals surface area (Å²) in [5.74, 6) is -1.26. The number of carbonyl (C=O) groups is 2. The van der Waals surface area contributed by atoms with E-state index in [1.165, 1.54) is 19.5 Å². The van der Waals surface area contributed by atoms with Crippen molar-refractivity contribution in [3.8, 4) is 0 Å². The molecule has 0 aromatic carbocycles. The SMILES string of the molecule is COC(=O)c1cncc(N2CCC(C(=O)O)C2)n1. The molecule has 1 unspecified atom stereocenters. The summed E-state index contributed by atoms with van der Waals surface area (Å²) >= 11 is 0. The van der Waals surface area contributed by atoms with Gasteiger partial charge in [0.05, 0.1) is 25.4 Å². The molecule has 18 heavy (non-hydrogen) atoms. The van der Waals surface area contributed by atoms with Gasteiger partial charge in [-0.3, -0.25) is 9.78 Å². The zero-order valence-corrected chi connectivity index (χ0v) is 9.87. The summed E-state index contributed by atoms with van der Waals surface area (Å²) in [5.41, 5.74) is 0.119. The monoisotopic (exact) mass is 251 g/mol. The van der Waals surface area contributed by atoms with E-state index in [0.717, 1.165) is 0 Å². The summed E-state index contributed by atoms with van der Waals surface area (Å²) in [5, 5.41) is 8.92. The second kappa shape index (κ2) is 4.99. The molecule has 1 N–H and O–H groups in total. The van der Waals surface area contributed by atoms with Gasteiger partial charge in [0.15, 0.2) is 5.69 Å². The van der Waals surface area contributed by atoms with Crippen LogP contribution in [0.2, 0.25) is 0 Å². The molecule has 1 atom stereocenters. The van der Waals surface area contributed by atoms with Crippen molar-refractivity contribution in [1.82, 2.24) is 9.97 Å². The van der Waals surface area contributed by atoms with Crippen molar-refractivity contribution in [2.75, 3.05) is 25.1 Å². The summed E-state index contributed by atoms with van der Waals surface area (Å²) in [6.07, 6.45) is 3.40. The van der Waals surface area contributed by atoms with Crippen LogP contribution in [-0.2, 0) is 9.53 Å². The molecular weight excluding hydrogens is 238 g/mol. The third-order valence-electron chi connectivity index (χ3n) is 2.88. The quantitative estimate of drug-likeness (QED) is 0.765. The highest BCUT2D eigenvalue weighted by molar-refractivity contribution is 5.87. The Morgan fingerprint density at radius 1 is 1.50 bits per heavy atom.